The largest absolute Gasteiger partial charge is 1.00 e. The quantitative estimate of drug-likeness (QED) is 0.524. The summed E-state index contributed by atoms with van der Waals surface area (Å²) in [4.78, 5) is 2.43. The van der Waals surface area contributed by atoms with E-state index in [-0.39, 0.29) is 29.4 Å². The molecule has 0 amide bonds. The summed E-state index contributed by atoms with van der Waals surface area (Å²) in [5, 5.41) is 0. The second-order valence-corrected chi connectivity index (χ2v) is 6.20. The first-order chi connectivity index (χ1) is 8.93. The predicted octanol–water partition coefficient (Wildman–Crippen LogP) is -0.00380. The first-order valence-corrected chi connectivity index (χ1v) is 6.93. The zero-order valence-corrected chi connectivity index (χ0v) is 15.3. The molecule has 0 fully saturated rings. The molecule has 1 aliphatic heterocycles. The Bertz CT molecular complexity index is 474. The minimum atomic E-state index is 0. The van der Waals surface area contributed by atoms with Crippen LogP contribution in [0.4, 0.5) is 5.69 Å². The Balaban J connectivity index is 0.00000200. The first kappa shape index (κ1) is 17.3. The van der Waals surface area contributed by atoms with Gasteiger partial charge in [0.1, 0.15) is 11.4 Å². The maximum atomic E-state index is 5.24. The highest BCUT2D eigenvalue weighted by atomic mass is 127. The van der Waals surface area contributed by atoms with Gasteiger partial charge in [0.05, 0.1) is 32.7 Å². The van der Waals surface area contributed by atoms with Gasteiger partial charge < -0.3 is 28.7 Å². The van der Waals surface area contributed by atoms with E-state index in [9.17, 15) is 0 Å². The van der Waals surface area contributed by atoms with E-state index in [1.54, 1.807) is 7.11 Å². The molecule has 0 atom stereocenters. The van der Waals surface area contributed by atoms with E-state index in [2.05, 4.69) is 49.4 Å². The summed E-state index contributed by atoms with van der Waals surface area (Å²) in [5.74, 6) is 2.30. The summed E-state index contributed by atoms with van der Waals surface area (Å²) >= 11 is 0. The van der Waals surface area contributed by atoms with Crippen molar-refractivity contribution in [3.05, 3.63) is 24.3 Å². The molecule has 0 unspecified atom stereocenters. The number of methoxy groups -OCH3 is 1. The predicted molar refractivity (Wildman–Crippen MR) is 80.5 cm³/mol. The fourth-order valence-corrected chi connectivity index (χ4v) is 2.87. The number of amidine groups is 1. The standard InChI is InChI=1S/C16H25N2O.HI/c1-16(2,3)15-17(4)11-6-12-18(15)13-7-9-14(19-5)10-8-13;/h7-10H,6,11-12H2,1-5H3;1H/q+1;/p-1. The Morgan fingerprint density at radius 3 is 2.25 bits per heavy atom. The van der Waals surface area contributed by atoms with Crippen molar-refractivity contribution >= 4 is 11.5 Å². The van der Waals surface area contributed by atoms with Gasteiger partial charge >= 0.3 is 0 Å². The number of ether oxygens (including phenoxy) is 1. The monoisotopic (exact) mass is 388 g/mol. The Labute approximate surface area is 139 Å². The molecular weight excluding hydrogens is 363 g/mol. The molecule has 0 bridgehead atoms. The van der Waals surface area contributed by atoms with Crippen LogP contribution in [0.25, 0.3) is 0 Å². The van der Waals surface area contributed by atoms with Crippen molar-refractivity contribution in [3.8, 4) is 5.75 Å². The van der Waals surface area contributed by atoms with E-state index in [0.717, 1.165) is 18.8 Å². The fourth-order valence-electron chi connectivity index (χ4n) is 2.87. The van der Waals surface area contributed by atoms with Crippen LogP contribution in [0.2, 0.25) is 0 Å². The number of anilines is 1. The molecule has 2 rings (SSSR count). The highest BCUT2D eigenvalue weighted by Crippen LogP contribution is 2.27. The van der Waals surface area contributed by atoms with Gasteiger partial charge in [-0.1, -0.05) is 0 Å². The first-order valence-electron chi connectivity index (χ1n) is 6.93. The number of hydrogen-bond acceptors (Lipinski definition) is 2. The van der Waals surface area contributed by atoms with Crippen LogP contribution in [0, 0.1) is 5.41 Å². The topological polar surface area (TPSA) is 15.5 Å². The van der Waals surface area contributed by atoms with Crippen LogP contribution in [0.1, 0.15) is 27.2 Å². The number of rotatable bonds is 2. The number of nitrogens with zero attached hydrogens (tertiary/aromatic N) is 2. The lowest BCUT2D eigenvalue weighted by Crippen LogP contribution is -3.00. The lowest BCUT2D eigenvalue weighted by atomic mass is 9.92. The Morgan fingerprint density at radius 2 is 1.75 bits per heavy atom. The van der Waals surface area contributed by atoms with E-state index in [0.29, 0.717) is 0 Å². The molecule has 20 heavy (non-hydrogen) atoms. The second kappa shape index (κ2) is 6.78. The van der Waals surface area contributed by atoms with Gasteiger partial charge in [0.15, 0.2) is 0 Å². The molecule has 112 valence electrons. The summed E-state index contributed by atoms with van der Waals surface area (Å²) in [6.07, 6.45) is 1.20. The molecule has 0 radical (unpaired) electrons. The molecular formula is C16H25IN2O. The van der Waals surface area contributed by atoms with Crippen LogP contribution < -0.4 is 33.6 Å². The van der Waals surface area contributed by atoms with E-state index in [4.69, 9.17) is 4.74 Å². The van der Waals surface area contributed by atoms with Gasteiger partial charge in [0.2, 0.25) is 0 Å². The Kier molecular flexibility index (Phi) is 5.86. The lowest BCUT2D eigenvalue weighted by molar-refractivity contribution is -0.505. The van der Waals surface area contributed by atoms with Crippen molar-refractivity contribution in [2.45, 2.75) is 27.2 Å². The SMILES string of the molecule is COc1ccc(N2CCC[N+](C)=C2C(C)(C)C)cc1.[I-]. The minimum Gasteiger partial charge on any atom is -1.00 e. The van der Waals surface area contributed by atoms with Gasteiger partial charge in [-0.25, -0.2) is 4.90 Å². The third-order valence-corrected chi connectivity index (χ3v) is 3.55. The molecule has 1 heterocycles. The van der Waals surface area contributed by atoms with Crippen molar-refractivity contribution in [2.75, 3.05) is 32.1 Å². The van der Waals surface area contributed by atoms with Crippen molar-refractivity contribution in [2.24, 2.45) is 5.41 Å². The maximum Gasteiger partial charge on any atom is 0.257 e. The van der Waals surface area contributed by atoms with Crippen LogP contribution in [-0.2, 0) is 0 Å². The van der Waals surface area contributed by atoms with E-state index >= 15 is 0 Å². The molecule has 0 spiro atoms. The molecule has 0 saturated carbocycles. The summed E-state index contributed by atoms with van der Waals surface area (Å²) in [7, 11) is 3.90. The van der Waals surface area contributed by atoms with Crippen molar-refractivity contribution < 1.29 is 33.3 Å². The number of hydrogen-bond donors (Lipinski definition) is 0. The summed E-state index contributed by atoms with van der Waals surface area (Å²) < 4.78 is 7.62. The highest BCUT2D eigenvalue weighted by Gasteiger charge is 2.36. The normalized spacial score (nSPS) is 15.9. The van der Waals surface area contributed by atoms with Gasteiger partial charge in [-0.15, -0.1) is 0 Å². The second-order valence-electron chi connectivity index (χ2n) is 6.20. The van der Waals surface area contributed by atoms with Crippen LogP contribution >= 0.6 is 0 Å². The number of halogens is 1. The van der Waals surface area contributed by atoms with Crippen molar-refractivity contribution in [3.63, 3.8) is 0 Å². The lowest BCUT2D eigenvalue weighted by Gasteiger charge is -2.32. The van der Waals surface area contributed by atoms with Crippen LogP contribution in [-0.4, -0.2) is 37.7 Å². The molecule has 0 saturated heterocycles. The third kappa shape index (κ3) is 3.65. The Hall–Kier alpha value is -0.780. The van der Waals surface area contributed by atoms with Crippen LogP contribution in [0.5, 0.6) is 5.75 Å². The van der Waals surface area contributed by atoms with Gasteiger partial charge in [-0.3, -0.25) is 4.58 Å². The highest BCUT2D eigenvalue weighted by molar-refractivity contribution is 5.98. The maximum absolute atomic E-state index is 5.24. The summed E-state index contributed by atoms with van der Waals surface area (Å²) in [6.45, 7) is 9.06. The van der Waals surface area contributed by atoms with Crippen LogP contribution in [0.15, 0.2) is 24.3 Å². The third-order valence-electron chi connectivity index (χ3n) is 3.55. The van der Waals surface area contributed by atoms with E-state index in [1.165, 1.54) is 17.9 Å². The minimum absolute atomic E-state index is 0. The molecule has 1 aromatic carbocycles. The molecule has 0 aliphatic carbocycles. The van der Waals surface area contributed by atoms with Gasteiger partial charge in [-0.05, 0) is 45.0 Å². The molecule has 1 aliphatic rings. The van der Waals surface area contributed by atoms with Crippen LogP contribution in [0.3, 0.4) is 0 Å². The average molecular weight is 388 g/mol. The summed E-state index contributed by atoms with van der Waals surface area (Å²) in [5.41, 5.74) is 1.40. The smallest absolute Gasteiger partial charge is 0.257 e. The Morgan fingerprint density at radius 1 is 1.15 bits per heavy atom. The molecule has 4 heteroatoms. The number of benzene rings is 1. The van der Waals surface area contributed by atoms with Gasteiger partial charge in [0, 0.05) is 6.42 Å². The van der Waals surface area contributed by atoms with Crippen molar-refractivity contribution in [1.29, 1.82) is 0 Å². The summed E-state index contributed by atoms with van der Waals surface area (Å²) in [6, 6.07) is 8.35. The van der Waals surface area contributed by atoms with E-state index < -0.39 is 0 Å². The fraction of sp³-hybridized carbons (Fsp3) is 0.562. The zero-order chi connectivity index (χ0) is 14.0. The van der Waals surface area contributed by atoms with E-state index in [1.807, 2.05) is 12.1 Å². The molecule has 0 N–H and O–H groups in total. The van der Waals surface area contributed by atoms with Crippen molar-refractivity contribution in [1.82, 2.24) is 0 Å². The average Bonchev–Trinajstić information content (AvgIpc) is 2.37. The molecule has 0 aromatic heterocycles. The zero-order valence-electron chi connectivity index (χ0n) is 13.1. The van der Waals surface area contributed by atoms with Gasteiger partial charge in [0.25, 0.3) is 5.84 Å². The van der Waals surface area contributed by atoms with Gasteiger partial charge in [-0.2, -0.15) is 0 Å². The molecule has 1 aromatic rings. The molecule has 3 nitrogen and oxygen atoms in total.